The summed E-state index contributed by atoms with van der Waals surface area (Å²) in [6.45, 7) is 0. The minimum Gasteiger partial charge on any atom is -0.314 e. The standard InChI is InChI=1S/C25H19N5O3/c31-22(21-16-20(27-28-21)17-10-4-1-5-11-17)29-30-23(32)25(26-24(30)33,18-12-6-2-7-13-18)19-14-8-3-9-15-19/h1-16H,(H,26,33)(H,27,28)(H,29,31). The van der Waals surface area contributed by atoms with Gasteiger partial charge in [-0.2, -0.15) is 10.1 Å². The van der Waals surface area contributed by atoms with Gasteiger partial charge < -0.3 is 5.32 Å². The number of carbonyl (C=O) groups excluding carboxylic acids is 3. The summed E-state index contributed by atoms with van der Waals surface area (Å²) in [7, 11) is 0. The number of hydrazine groups is 1. The molecule has 1 aliphatic rings. The first kappa shape index (κ1) is 20.2. The molecule has 162 valence electrons. The molecule has 0 atom stereocenters. The Kier molecular flexibility index (Phi) is 4.95. The lowest BCUT2D eigenvalue weighted by molar-refractivity contribution is -0.131. The van der Waals surface area contributed by atoms with E-state index in [-0.39, 0.29) is 5.69 Å². The minimum absolute atomic E-state index is 0.117. The summed E-state index contributed by atoms with van der Waals surface area (Å²) in [5, 5.41) is 10.3. The van der Waals surface area contributed by atoms with Crippen molar-refractivity contribution in [1.82, 2.24) is 25.9 Å². The van der Waals surface area contributed by atoms with Crippen LogP contribution < -0.4 is 10.7 Å². The Morgan fingerprint density at radius 3 is 1.94 bits per heavy atom. The lowest BCUT2D eigenvalue weighted by Gasteiger charge is -2.27. The number of carbonyl (C=O) groups is 3. The highest BCUT2D eigenvalue weighted by molar-refractivity contribution is 6.11. The van der Waals surface area contributed by atoms with E-state index in [4.69, 9.17) is 0 Å². The highest BCUT2D eigenvalue weighted by atomic mass is 16.2. The lowest BCUT2D eigenvalue weighted by atomic mass is 9.83. The molecule has 1 aliphatic heterocycles. The van der Waals surface area contributed by atoms with Gasteiger partial charge in [0.15, 0.2) is 5.54 Å². The molecule has 0 radical (unpaired) electrons. The second-order valence-electron chi connectivity index (χ2n) is 7.53. The van der Waals surface area contributed by atoms with Crippen LogP contribution in [0.15, 0.2) is 97.1 Å². The number of rotatable bonds is 5. The molecule has 0 aliphatic carbocycles. The van der Waals surface area contributed by atoms with E-state index in [0.717, 1.165) is 5.56 Å². The highest BCUT2D eigenvalue weighted by Crippen LogP contribution is 2.35. The van der Waals surface area contributed by atoms with Crippen LogP contribution in [0.3, 0.4) is 0 Å². The van der Waals surface area contributed by atoms with Crippen LogP contribution in [0.1, 0.15) is 21.6 Å². The van der Waals surface area contributed by atoms with Gasteiger partial charge in [0.05, 0.1) is 5.69 Å². The van der Waals surface area contributed by atoms with Gasteiger partial charge in [-0.15, -0.1) is 0 Å². The van der Waals surface area contributed by atoms with Crippen molar-refractivity contribution < 1.29 is 14.4 Å². The second-order valence-corrected chi connectivity index (χ2v) is 7.53. The fourth-order valence-corrected chi connectivity index (χ4v) is 3.92. The molecular weight excluding hydrogens is 418 g/mol. The third-order valence-electron chi connectivity index (χ3n) is 5.54. The Balaban J connectivity index is 1.46. The number of nitrogens with zero attached hydrogens (tertiary/aromatic N) is 2. The molecule has 3 N–H and O–H groups in total. The van der Waals surface area contributed by atoms with Gasteiger partial charge >= 0.3 is 6.03 Å². The normalized spacial score (nSPS) is 14.7. The van der Waals surface area contributed by atoms with Crippen molar-refractivity contribution in [2.45, 2.75) is 5.54 Å². The third-order valence-corrected chi connectivity index (χ3v) is 5.54. The number of imide groups is 1. The average molecular weight is 437 g/mol. The minimum atomic E-state index is -1.46. The number of nitrogens with one attached hydrogen (secondary N) is 3. The largest absolute Gasteiger partial charge is 0.344 e. The Labute approximate surface area is 189 Å². The molecule has 0 unspecified atom stereocenters. The molecule has 3 aromatic carbocycles. The number of aromatic amines is 1. The topological polar surface area (TPSA) is 107 Å². The number of hydrogen-bond acceptors (Lipinski definition) is 4. The first-order valence-electron chi connectivity index (χ1n) is 10.3. The molecule has 0 bridgehead atoms. The molecule has 5 rings (SSSR count). The molecule has 4 aromatic rings. The second kappa shape index (κ2) is 8.08. The average Bonchev–Trinajstić information content (AvgIpc) is 3.46. The zero-order valence-corrected chi connectivity index (χ0v) is 17.4. The van der Waals surface area contributed by atoms with E-state index in [1.807, 2.05) is 42.5 Å². The van der Waals surface area contributed by atoms with E-state index in [1.54, 1.807) is 54.6 Å². The molecule has 33 heavy (non-hydrogen) atoms. The van der Waals surface area contributed by atoms with E-state index < -0.39 is 23.4 Å². The third kappa shape index (κ3) is 3.43. The summed E-state index contributed by atoms with van der Waals surface area (Å²) in [6, 6.07) is 28.0. The number of H-pyrrole nitrogens is 1. The molecular formula is C25H19N5O3. The predicted molar refractivity (Wildman–Crippen MR) is 121 cm³/mol. The van der Waals surface area contributed by atoms with E-state index in [2.05, 4.69) is 20.9 Å². The van der Waals surface area contributed by atoms with Crippen molar-refractivity contribution in [3.63, 3.8) is 0 Å². The number of urea groups is 1. The number of aromatic nitrogens is 2. The summed E-state index contributed by atoms with van der Waals surface area (Å²) in [6.07, 6.45) is 0. The van der Waals surface area contributed by atoms with Crippen LogP contribution in [0.2, 0.25) is 0 Å². The van der Waals surface area contributed by atoms with E-state index in [1.165, 1.54) is 0 Å². The van der Waals surface area contributed by atoms with Crippen LogP contribution in [-0.4, -0.2) is 33.1 Å². The van der Waals surface area contributed by atoms with Crippen molar-refractivity contribution in [3.8, 4) is 11.3 Å². The summed E-state index contributed by atoms with van der Waals surface area (Å²) in [5.74, 6) is -1.27. The fraction of sp³-hybridized carbons (Fsp3) is 0.0400. The van der Waals surface area contributed by atoms with E-state index in [9.17, 15) is 14.4 Å². The van der Waals surface area contributed by atoms with Gasteiger partial charge in [-0.05, 0) is 17.2 Å². The van der Waals surface area contributed by atoms with Crippen molar-refractivity contribution in [2.24, 2.45) is 0 Å². The van der Waals surface area contributed by atoms with Crippen LogP contribution in [0.25, 0.3) is 11.3 Å². The summed E-state index contributed by atoms with van der Waals surface area (Å²) < 4.78 is 0. The van der Waals surface area contributed by atoms with Crippen LogP contribution in [0, 0.1) is 0 Å². The Bertz CT molecular complexity index is 1280. The van der Waals surface area contributed by atoms with Gasteiger partial charge in [-0.25, -0.2) is 4.79 Å². The monoisotopic (exact) mass is 437 g/mol. The Morgan fingerprint density at radius 2 is 1.36 bits per heavy atom. The first-order valence-corrected chi connectivity index (χ1v) is 10.3. The fourth-order valence-electron chi connectivity index (χ4n) is 3.92. The molecule has 1 fully saturated rings. The van der Waals surface area contributed by atoms with Crippen molar-refractivity contribution in [3.05, 3.63) is 114 Å². The smallest absolute Gasteiger partial charge is 0.314 e. The number of benzene rings is 3. The summed E-state index contributed by atoms with van der Waals surface area (Å²) in [5.41, 5.74) is 3.63. The van der Waals surface area contributed by atoms with Crippen LogP contribution in [-0.2, 0) is 10.3 Å². The van der Waals surface area contributed by atoms with Gasteiger partial charge in [-0.3, -0.25) is 20.1 Å². The zero-order valence-electron chi connectivity index (χ0n) is 17.4. The van der Waals surface area contributed by atoms with E-state index in [0.29, 0.717) is 21.8 Å². The summed E-state index contributed by atoms with van der Waals surface area (Å²) >= 11 is 0. The Hall–Kier alpha value is -4.72. The number of hydrogen-bond donors (Lipinski definition) is 3. The van der Waals surface area contributed by atoms with Gasteiger partial charge in [0, 0.05) is 5.56 Å². The van der Waals surface area contributed by atoms with Crippen molar-refractivity contribution >= 4 is 17.8 Å². The van der Waals surface area contributed by atoms with Crippen LogP contribution in [0.5, 0.6) is 0 Å². The number of amides is 4. The summed E-state index contributed by atoms with van der Waals surface area (Å²) in [4.78, 5) is 39.4. The van der Waals surface area contributed by atoms with Gasteiger partial charge in [0.1, 0.15) is 5.69 Å². The molecule has 1 saturated heterocycles. The Morgan fingerprint density at radius 1 is 0.818 bits per heavy atom. The van der Waals surface area contributed by atoms with Crippen molar-refractivity contribution in [2.75, 3.05) is 0 Å². The van der Waals surface area contributed by atoms with Crippen LogP contribution in [0.4, 0.5) is 4.79 Å². The quantitative estimate of drug-likeness (QED) is 0.417. The predicted octanol–water partition coefficient (Wildman–Crippen LogP) is 3.22. The lowest BCUT2D eigenvalue weighted by Crippen LogP contribution is -2.49. The molecule has 0 spiro atoms. The molecule has 8 nitrogen and oxygen atoms in total. The molecule has 4 amide bonds. The van der Waals surface area contributed by atoms with Gasteiger partial charge in [0.2, 0.25) is 0 Å². The van der Waals surface area contributed by atoms with Crippen LogP contribution >= 0.6 is 0 Å². The zero-order chi connectivity index (χ0) is 22.8. The highest BCUT2D eigenvalue weighted by Gasteiger charge is 2.54. The molecule has 1 aromatic heterocycles. The molecule has 0 saturated carbocycles. The SMILES string of the molecule is O=C(NN1C(=O)NC(c2ccccc2)(c2ccccc2)C1=O)c1cc(-c2ccccc2)n[nH]1. The van der Waals surface area contributed by atoms with Gasteiger partial charge in [0.25, 0.3) is 11.8 Å². The van der Waals surface area contributed by atoms with Gasteiger partial charge in [-0.1, -0.05) is 91.0 Å². The molecule has 2 heterocycles. The van der Waals surface area contributed by atoms with Crippen molar-refractivity contribution in [1.29, 1.82) is 0 Å². The first-order chi connectivity index (χ1) is 16.1. The van der Waals surface area contributed by atoms with E-state index >= 15 is 0 Å². The maximum atomic E-state index is 13.6. The maximum Gasteiger partial charge on any atom is 0.344 e. The molecule has 8 heteroatoms. The maximum absolute atomic E-state index is 13.6.